The van der Waals surface area contributed by atoms with Crippen molar-refractivity contribution in [3.63, 3.8) is 0 Å². The second-order valence-corrected chi connectivity index (χ2v) is 4.17. The number of aromatic nitrogens is 2. The quantitative estimate of drug-likeness (QED) is 0.802. The maximum Gasteiger partial charge on any atom is 0.255 e. The van der Waals surface area contributed by atoms with E-state index in [1.807, 2.05) is 6.92 Å². The first-order chi connectivity index (χ1) is 7.63. The first-order valence-electron chi connectivity index (χ1n) is 5.61. The van der Waals surface area contributed by atoms with Gasteiger partial charge in [-0.25, -0.2) is 4.98 Å². The molecule has 88 valence electrons. The molecular weight excluding hydrogens is 206 g/mol. The second kappa shape index (κ2) is 4.25. The molecule has 1 aromatic heterocycles. The molecule has 0 aromatic carbocycles. The lowest BCUT2D eigenvalue weighted by molar-refractivity contribution is 0.0399. The van der Waals surface area contributed by atoms with E-state index in [1.165, 1.54) is 0 Å². The van der Waals surface area contributed by atoms with Gasteiger partial charge in [-0.3, -0.25) is 4.79 Å². The van der Waals surface area contributed by atoms with E-state index in [4.69, 9.17) is 10.5 Å². The number of nitrogens with one attached hydrogen (secondary N) is 1. The summed E-state index contributed by atoms with van der Waals surface area (Å²) in [4.78, 5) is 18.5. The fourth-order valence-corrected chi connectivity index (χ4v) is 1.72. The van der Waals surface area contributed by atoms with Crippen molar-refractivity contribution in [2.24, 2.45) is 5.92 Å². The maximum absolute atomic E-state index is 11.6. The molecule has 0 radical (unpaired) electrons. The highest BCUT2D eigenvalue weighted by molar-refractivity contribution is 5.36. The molecule has 1 atom stereocenters. The van der Waals surface area contributed by atoms with E-state index in [0.717, 1.165) is 12.8 Å². The molecule has 5 nitrogen and oxygen atoms in total. The van der Waals surface area contributed by atoms with Crippen LogP contribution >= 0.6 is 0 Å². The van der Waals surface area contributed by atoms with Gasteiger partial charge in [-0.15, -0.1) is 0 Å². The minimum Gasteiger partial charge on any atom is -0.383 e. The summed E-state index contributed by atoms with van der Waals surface area (Å²) in [6.07, 6.45) is 2.14. The van der Waals surface area contributed by atoms with Crippen molar-refractivity contribution in [3.05, 3.63) is 21.7 Å². The summed E-state index contributed by atoms with van der Waals surface area (Å²) in [5.41, 5.74) is 5.98. The van der Waals surface area contributed by atoms with Crippen LogP contribution in [0.3, 0.4) is 0 Å². The lowest BCUT2D eigenvalue weighted by atomic mass is 10.2. The van der Waals surface area contributed by atoms with Crippen molar-refractivity contribution in [2.45, 2.75) is 32.8 Å². The minimum absolute atomic E-state index is 0.111. The van der Waals surface area contributed by atoms with Crippen LogP contribution < -0.4 is 11.3 Å². The van der Waals surface area contributed by atoms with Crippen LogP contribution in [0.2, 0.25) is 0 Å². The summed E-state index contributed by atoms with van der Waals surface area (Å²) in [6, 6.07) is 0. The van der Waals surface area contributed by atoms with Gasteiger partial charge in [0.05, 0.1) is 5.56 Å². The predicted molar refractivity (Wildman–Crippen MR) is 61.1 cm³/mol. The Morgan fingerprint density at radius 2 is 2.31 bits per heavy atom. The van der Waals surface area contributed by atoms with Gasteiger partial charge in [0.2, 0.25) is 0 Å². The van der Waals surface area contributed by atoms with Crippen molar-refractivity contribution >= 4 is 5.82 Å². The lowest BCUT2D eigenvalue weighted by Crippen LogP contribution is -2.21. The zero-order valence-electron chi connectivity index (χ0n) is 9.62. The number of anilines is 1. The van der Waals surface area contributed by atoms with Crippen LogP contribution in [0.5, 0.6) is 0 Å². The summed E-state index contributed by atoms with van der Waals surface area (Å²) in [5.74, 6) is 1.34. The Morgan fingerprint density at radius 3 is 2.81 bits per heavy atom. The molecule has 1 heterocycles. The van der Waals surface area contributed by atoms with E-state index in [2.05, 4.69) is 9.97 Å². The second-order valence-electron chi connectivity index (χ2n) is 4.17. The number of nitrogens with zero attached hydrogens (tertiary/aromatic N) is 1. The van der Waals surface area contributed by atoms with Crippen molar-refractivity contribution in [2.75, 3.05) is 12.3 Å². The Hall–Kier alpha value is -1.36. The molecule has 1 aliphatic carbocycles. The summed E-state index contributed by atoms with van der Waals surface area (Å²) in [5, 5.41) is 0. The molecule has 0 aliphatic heterocycles. The van der Waals surface area contributed by atoms with Crippen LogP contribution in [0.25, 0.3) is 0 Å². The molecule has 3 N–H and O–H groups in total. The van der Waals surface area contributed by atoms with E-state index >= 15 is 0 Å². The molecular formula is C11H17N3O2. The molecule has 1 aromatic rings. The van der Waals surface area contributed by atoms with E-state index in [0.29, 0.717) is 29.7 Å². The largest absolute Gasteiger partial charge is 0.383 e. The molecule has 0 spiro atoms. The van der Waals surface area contributed by atoms with Crippen LogP contribution in [0.4, 0.5) is 5.82 Å². The molecule has 1 fully saturated rings. The molecule has 0 saturated heterocycles. The molecule has 1 saturated carbocycles. The van der Waals surface area contributed by atoms with Gasteiger partial charge in [0.15, 0.2) is 0 Å². The Bertz CT molecular complexity index is 437. The van der Waals surface area contributed by atoms with Gasteiger partial charge in [0.1, 0.15) is 17.7 Å². The lowest BCUT2D eigenvalue weighted by Gasteiger charge is -2.15. The molecule has 0 bridgehead atoms. The number of hydrogen-bond donors (Lipinski definition) is 2. The Balaban J connectivity index is 2.34. The highest BCUT2D eigenvalue weighted by Crippen LogP contribution is 2.42. The van der Waals surface area contributed by atoms with Crippen LogP contribution in [0, 0.1) is 12.8 Å². The molecule has 1 unspecified atom stereocenters. The molecule has 16 heavy (non-hydrogen) atoms. The monoisotopic (exact) mass is 223 g/mol. The third-order valence-electron chi connectivity index (χ3n) is 2.87. The van der Waals surface area contributed by atoms with Gasteiger partial charge in [0.25, 0.3) is 5.56 Å². The number of H-pyrrole nitrogens is 1. The summed E-state index contributed by atoms with van der Waals surface area (Å²) >= 11 is 0. The standard InChI is InChI=1S/C11H17N3O2/c1-3-16-8(7-4-5-7)10-13-9(12)6(2)11(15)14-10/h7-8H,3-5H2,1-2H3,(H3,12,13,14,15). The van der Waals surface area contributed by atoms with Crippen LogP contribution in [-0.4, -0.2) is 16.6 Å². The maximum atomic E-state index is 11.6. The van der Waals surface area contributed by atoms with Gasteiger partial charge in [-0.1, -0.05) is 0 Å². The van der Waals surface area contributed by atoms with Crippen LogP contribution in [0.1, 0.15) is 37.3 Å². The smallest absolute Gasteiger partial charge is 0.255 e. The van der Waals surface area contributed by atoms with Crippen molar-refractivity contribution in [1.82, 2.24) is 9.97 Å². The first kappa shape index (κ1) is 11.1. The molecule has 0 amide bonds. The zero-order chi connectivity index (χ0) is 11.7. The third-order valence-corrected chi connectivity index (χ3v) is 2.87. The van der Waals surface area contributed by atoms with Gasteiger partial charge in [-0.05, 0) is 32.6 Å². The highest BCUT2D eigenvalue weighted by atomic mass is 16.5. The van der Waals surface area contributed by atoms with Gasteiger partial charge < -0.3 is 15.5 Å². The van der Waals surface area contributed by atoms with Crippen LogP contribution in [0.15, 0.2) is 4.79 Å². The van der Waals surface area contributed by atoms with Gasteiger partial charge >= 0.3 is 0 Å². The summed E-state index contributed by atoms with van der Waals surface area (Å²) in [6.45, 7) is 4.21. The Kier molecular flexibility index (Phi) is 2.96. The average Bonchev–Trinajstić information content (AvgIpc) is 3.05. The summed E-state index contributed by atoms with van der Waals surface area (Å²) < 4.78 is 5.61. The van der Waals surface area contributed by atoms with Crippen molar-refractivity contribution in [1.29, 1.82) is 0 Å². The number of aromatic amines is 1. The van der Waals surface area contributed by atoms with Crippen molar-refractivity contribution < 1.29 is 4.74 Å². The number of nitrogen functional groups attached to an aromatic ring is 1. The molecule has 2 rings (SSSR count). The topological polar surface area (TPSA) is 81.0 Å². The highest BCUT2D eigenvalue weighted by Gasteiger charge is 2.34. The zero-order valence-corrected chi connectivity index (χ0v) is 9.62. The van der Waals surface area contributed by atoms with Crippen LogP contribution in [-0.2, 0) is 4.74 Å². The number of hydrogen-bond acceptors (Lipinski definition) is 4. The fraction of sp³-hybridized carbons (Fsp3) is 0.636. The minimum atomic E-state index is -0.173. The average molecular weight is 223 g/mol. The predicted octanol–water partition coefficient (Wildman–Crippen LogP) is 1.15. The summed E-state index contributed by atoms with van der Waals surface area (Å²) in [7, 11) is 0. The van der Waals surface area contributed by atoms with E-state index in [1.54, 1.807) is 6.92 Å². The third kappa shape index (κ3) is 2.09. The van der Waals surface area contributed by atoms with E-state index in [-0.39, 0.29) is 11.7 Å². The molecule has 5 heteroatoms. The van der Waals surface area contributed by atoms with Gasteiger partial charge in [-0.2, -0.15) is 0 Å². The Labute approximate surface area is 94.0 Å². The number of ether oxygens (including phenoxy) is 1. The number of rotatable bonds is 4. The van der Waals surface area contributed by atoms with Gasteiger partial charge in [0, 0.05) is 6.61 Å². The van der Waals surface area contributed by atoms with E-state index in [9.17, 15) is 4.79 Å². The first-order valence-corrected chi connectivity index (χ1v) is 5.61. The Morgan fingerprint density at radius 1 is 1.62 bits per heavy atom. The van der Waals surface area contributed by atoms with E-state index < -0.39 is 0 Å². The number of nitrogens with two attached hydrogens (primary N) is 1. The normalized spacial score (nSPS) is 17.4. The molecule has 1 aliphatic rings. The SMILES string of the molecule is CCOC(c1nc(N)c(C)c(=O)[nH]1)C1CC1. The fourth-order valence-electron chi connectivity index (χ4n) is 1.72. The van der Waals surface area contributed by atoms with Crippen molar-refractivity contribution in [3.8, 4) is 0 Å².